The topological polar surface area (TPSA) is 59.0 Å². The minimum atomic E-state index is 0.478. The van der Waals surface area contributed by atoms with Crippen LogP contribution in [0, 0.1) is 0 Å². The van der Waals surface area contributed by atoms with E-state index in [0.29, 0.717) is 18.1 Å². The quantitative estimate of drug-likeness (QED) is 0.748. The Hall–Kier alpha value is -1.82. The molecule has 16 heavy (non-hydrogen) atoms. The zero-order chi connectivity index (χ0) is 11.4. The van der Waals surface area contributed by atoms with Crippen molar-refractivity contribution in [1.29, 1.82) is 0 Å². The third-order valence-electron chi connectivity index (χ3n) is 2.02. The van der Waals surface area contributed by atoms with Crippen LogP contribution in [0.3, 0.4) is 0 Å². The molecule has 0 N–H and O–H groups in total. The molecule has 0 bridgehead atoms. The average Bonchev–Trinajstić information content (AvgIpc) is 2.82. The Kier molecular flexibility index (Phi) is 3.21. The van der Waals surface area contributed by atoms with Gasteiger partial charge in [0.25, 0.3) is 0 Å². The lowest BCUT2D eigenvalue weighted by Gasteiger charge is -2.14. The molecule has 0 amide bonds. The van der Waals surface area contributed by atoms with Crippen molar-refractivity contribution >= 4 is 23.6 Å². The number of thiazole rings is 1. The number of carbonyl (C=O) groups is 1. The molecule has 0 saturated heterocycles. The molecule has 82 valence electrons. The molecule has 2 aromatic rings. The summed E-state index contributed by atoms with van der Waals surface area (Å²) in [5, 5.41) is 1.98. The lowest BCUT2D eigenvalue weighted by molar-refractivity contribution is 0.112. The second-order valence-electron chi connectivity index (χ2n) is 3.27. The predicted molar refractivity (Wildman–Crippen MR) is 61.6 cm³/mol. The minimum absolute atomic E-state index is 0.478. The molecule has 0 aliphatic rings. The number of aldehydes is 1. The summed E-state index contributed by atoms with van der Waals surface area (Å²) in [7, 11) is 1.88. The van der Waals surface area contributed by atoms with E-state index >= 15 is 0 Å². The van der Waals surface area contributed by atoms with E-state index in [1.807, 2.05) is 17.3 Å². The standard InChI is InChI=1S/C10H10N4OS/c1-14(4-9-6-16-7-13-9)10-11-2-8(5-15)3-12-10/h2-3,5-7H,4H2,1H3. The first-order chi connectivity index (χ1) is 7.79. The van der Waals surface area contributed by atoms with Gasteiger partial charge in [-0.2, -0.15) is 0 Å². The van der Waals surface area contributed by atoms with Crippen molar-refractivity contribution in [3.05, 3.63) is 34.5 Å². The van der Waals surface area contributed by atoms with E-state index in [0.717, 1.165) is 12.0 Å². The van der Waals surface area contributed by atoms with Crippen LogP contribution < -0.4 is 4.90 Å². The van der Waals surface area contributed by atoms with E-state index in [-0.39, 0.29) is 0 Å². The lowest BCUT2D eigenvalue weighted by atomic mass is 10.4. The molecular formula is C10H10N4OS. The second kappa shape index (κ2) is 4.80. The molecule has 0 aliphatic carbocycles. The third kappa shape index (κ3) is 2.40. The maximum absolute atomic E-state index is 10.4. The number of carbonyl (C=O) groups excluding carboxylic acids is 1. The first-order valence-electron chi connectivity index (χ1n) is 4.65. The summed E-state index contributed by atoms with van der Waals surface area (Å²) >= 11 is 1.56. The van der Waals surface area contributed by atoms with Gasteiger partial charge in [-0.25, -0.2) is 15.0 Å². The van der Waals surface area contributed by atoms with Crippen LogP contribution >= 0.6 is 11.3 Å². The van der Waals surface area contributed by atoms with Gasteiger partial charge in [-0.05, 0) is 0 Å². The molecule has 0 radical (unpaired) electrons. The highest BCUT2D eigenvalue weighted by Crippen LogP contribution is 2.09. The lowest BCUT2D eigenvalue weighted by Crippen LogP contribution is -2.19. The van der Waals surface area contributed by atoms with Gasteiger partial charge in [-0.3, -0.25) is 4.79 Å². The number of hydrogen-bond acceptors (Lipinski definition) is 6. The molecule has 5 nitrogen and oxygen atoms in total. The largest absolute Gasteiger partial charge is 0.338 e. The van der Waals surface area contributed by atoms with Gasteiger partial charge in [0.1, 0.15) is 0 Å². The van der Waals surface area contributed by atoms with Crippen molar-refractivity contribution in [2.24, 2.45) is 0 Å². The Balaban J connectivity index is 2.08. The Morgan fingerprint density at radius 2 is 2.12 bits per heavy atom. The highest BCUT2D eigenvalue weighted by atomic mass is 32.1. The SMILES string of the molecule is CN(Cc1cscn1)c1ncc(C=O)cn1. The fraction of sp³-hybridized carbons (Fsp3) is 0.200. The van der Waals surface area contributed by atoms with Gasteiger partial charge < -0.3 is 4.90 Å². The molecule has 0 aromatic carbocycles. The van der Waals surface area contributed by atoms with Crippen LogP contribution in [0.15, 0.2) is 23.3 Å². The summed E-state index contributed by atoms with van der Waals surface area (Å²) in [5.41, 5.74) is 3.25. The molecule has 0 fully saturated rings. The molecule has 0 aliphatic heterocycles. The number of hydrogen-bond donors (Lipinski definition) is 0. The molecule has 2 rings (SSSR count). The van der Waals surface area contributed by atoms with Crippen LogP contribution in [-0.2, 0) is 6.54 Å². The average molecular weight is 234 g/mol. The van der Waals surface area contributed by atoms with Gasteiger partial charge in [-0.1, -0.05) is 0 Å². The molecular weight excluding hydrogens is 224 g/mol. The molecule has 2 aromatic heterocycles. The van der Waals surface area contributed by atoms with Gasteiger partial charge >= 0.3 is 0 Å². The molecule has 2 heterocycles. The van der Waals surface area contributed by atoms with E-state index in [4.69, 9.17) is 0 Å². The van der Waals surface area contributed by atoms with Crippen molar-refractivity contribution in [1.82, 2.24) is 15.0 Å². The van der Waals surface area contributed by atoms with Crippen LogP contribution in [0.4, 0.5) is 5.95 Å². The van der Waals surface area contributed by atoms with Crippen LogP contribution in [0.2, 0.25) is 0 Å². The fourth-order valence-electron chi connectivity index (χ4n) is 1.22. The van der Waals surface area contributed by atoms with Crippen LogP contribution in [0.1, 0.15) is 16.1 Å². The third-order valence-corrected chi connectivity index (χ3v) is 2.65. The summed E-state index contributed by atoms with van der Waals surface area (Å²) in [6.07, 6.45) is 3.74. The van der Waals surface area contributed by atoms with Gasteiger partial charge in [0.15, 0.2) is 6.29 Å². The summed E-state index contributed by atoms with van der Waals surface area (Å²) < 4.78 is 0. The highest BCUT2D eigenvalue weighted by molar-refractivity contribution is 7.07. The van der Waals surface area contributed by atoms with Gasteiger partial charge in [-0.15, -0.1) is 11.3 Å². The number of aromatic nitrogens is 3. The minimum Gasteiger partial charge on any atom is -0.338 e. The molecule has 0 saturated carbocycles. The van der Waals surface area contributed by atoms with Crippen molar-refractivity contribution in [2.75, 3.05) is 11.9 Å². The second-order valence-corrected chi connectivity index (χ2v) is 3.99. The van der Waals surface area contributed by atoms with E-state index < -0.39 is 0 Å². The maximum atomic E-state index is 10.4. The Bertz CT molecular complexity index is 454. The van der Waals surface area contributed by atoms with Crippen LogP contribution in [-0.4, -0.2) is 28.3 Å². The summed E-state index contributed by atoms with van der Waals surface area (Å²) in [6, 6.07) is 0. The smallest absolute Gasteiger partial charge is 0.225 e. The van der Waals surface area contributed by atoms with E-state index in [9.17, 15) is 4.79 Å². The zero-order valence-electron chi connectivity index (χ0n) is 8.70. The molecule has 0 unspecified atom stereocenters. The summed E-state index contributed by atoms with van der Waals surface area (Å²) in [6.45, 7) is 0.657. The maximum Gasteiger partial charge on any atom is 0.225 e. The van der Waals surface area contributed by atoms with Crippen LogP contribution in [0.25, 0.3) is 0 Å². The molecule has 6 heteroatoms. The van der Waals surface area contributed by atoms with E-state index in [1.54, 1.807) is 16.8 Å². The summed E-state index contributed by atoms with van der Waals surface area (Å²) in [4.78, 5) is 24.7. The van der Waals surface area contributed by atoms with Gasteiger partial charge in [0, 0.05) is 24.8 Å². The normalized spacial score (nSPS) is 10.1. The Morgan fingerprint density at radius 1 is 1.38 bits per heavy atom. The van der Waals surface area contributed by atoms with Crippen molar-refractivity contribution in [3.63, 3.8) is 0 Å². The molecule has 0 atom stereocenters. The van der Waals surface area contributed by atoms with Crippen molar-refractivity contribution in [3.8, 4) is 0 Å². The van der Waals surface area contributed by atoms with Crippen LogP contribution in [0.5, 0.6) is 0 Å². The van der Waals surface area contributed by atoms with Crippen molar-refractivity contribution in [2.45, 2.75) is 6.54 Å². The van der Waals surface area contributed by atoms with Crippen molar-refractivity contribution < 1.29 is 4.79 Å². The first-order valence-corrected chi connectivity index (χ1v) is 5.59. The Labute approximate surface area is 96.8 Å². The van der Waals surface area contributed by atoms with E-state index in [2.05, 4.69) is 15.0 Å². The summed E-state index contributed by atoms with van der Waals surface area (Å²) in [5.74, 6) is 0.582. The van der Waals surface area contributed by atoms with Gasteiger partial charge in [0.05, 0.1) is 23.3 Å². The number of nitrogens with zero attached hydrogens (tertiary/aromatic N) is 4. The fourth-order valence-corrected chi connectivity index (χ4v) is 1.77. The van der Waals surface area contributed by atoms with Gasteiger partial charge in [0.2, 0.25) is 5.95 Å². The number of rotatable bonds is 4. The number of anilines is 1. The highest BCUT2D eigenvalue weighted by Gasteiger charge is 2.06. The predicted octanol–water partition coefficient (Wildman–Crippen LogP) is 1.38. The first kappa shape index (κ1) is 10.7. The zero-order valence-corrected chi connectivity index (χ0v) is 9.52. The Morgan fingerprint density at radius 3 is 2.69 bits per heavy atom. The monoisotopic (exact) mass is 234 g/mol. The van der Waals surface area contributed by atoms with E-state index in [1.165, 1.54) is 12.4 Å². The molecule has 0 spiro atoms.